The van der Waals surface area contributed by atoms with Gasteiger partial charge in [-0.25, -0.2) is 0 Å². The predicted octanol–water partition coefficient (Wildman–Crippen LogP) is -0.729. The molecule has 0 atom stereocenters. The Balaban J connectivity index is 0. The third-order valence-corrected chi connectivity index (χ3v) is 0. The van der Waals surface area contributed by atoms with Crippen molar-refractivity contribution in [2.45, 2.75) is 0 Å². The Morgan fingerprint density at radius 2 is 1.80 bits per heavy atom. The van der Waals surface area contributed by atoms with E-state index in [1.54, 1.807) is 0 Å². The quantitative estimate of drug-likeness (QED) is 0.319. The second-order valence-electron chi connectivity index (χ2n) is 0.238. The van der Waals surface area contributed by atoms with Gasteiger partial charge in [0.15, 0.2) is 0 Å². The molecule has 0 bridgehead atoms. The maximum Gasteiger partial charge on any atom is 0.291 e. The van der Waals surface area contributed by atoms with Crippen molar-refractivity contribution in [2.24, 2.45) is 0 Å². The van der Waals surface area contributed by atoms with Gasteiger partial charge in [0.05, 0.1) is 0 Å². The van der Waals surface area contributed by atoms with Crippen molar-refractivity contribution in [3.8, 4) is 0 Å². The number of rotatable bonds is 0. The monoisotopic (exact) mass is 201 g/mol. The Hall–Kier alpha value is 0.771. The first-order valence-corrected chi connectivity index (χ1v) is 0.565. The maximum absolute atomic E-state index is 8.36. The molecular weight excluding hydrogens is 199 g/mol. The zero-order valence-electron chi connectivity index (χ0n) is 2.42. The molecule has 0 aliphatic rings. The number of hydrogen-bond acceptors (Lipinski definition) is 2. The molecule has 0 aromatic carbocycles. The van der Waals surface area contributed by atoms with E-state index in [1.165, 1.54) is 0 Å². The van der Waals surface area contributed by atoms with Crippen LogP contribution in [0.2, 0.25) is 0 Å². The Kier molecular flexibility index (Phi) is 8.82. The van der Waals surface area contributed by atoms with Gasteiger partial charge in [-0.3, -0.25) is 0 Å². The van der Waals surface area contributed by atoms with Crippen LogP contribution in [0.5, 0.6) is 0 Å². The van der Waals surface area contributed by atoms with Crippen molar-refractivity contribution in [2.75, 3.05) is 0 Å². The fraction of sp³-hybridized carbons (Fsp3) is 0. The van der Waals surface area contributed by atoms with Crippen molar-refractivity contribution in [1.29, 1.82) is 0 Å². The summed E-state index contributed by atoms with van der Waals surface area (Å²) < 4.78 is 0. The molecule has 0 rings (SSSR count). The maximum atomic E-state index is 8.36. The van der Waals surface area contributed by atoms with Crippen LogP contribution in [0.15, 0.2) is 0 Å². The van der Waals surface area contributed by atoms with Gasteiger partial charge in [-0.05, 0) is 0 Å². The minimum absolute atomic E-state index is 0. The third kappa shape index (κ3) is 61.6. The van der Waals surface area contributed by atoms with E-state index in [1.807, 2.05) is 0 Å². The molecule has 2 radical (unpaired) electrons. The van der Waals surface area contributed by atoms with E-state index in [0.717, 1.165) is 0 Å². The average Bonchev–Trinajstić information content (AvgIpc) is 0.811. The van der Waals surface area contributed by atoms with Crippen LogP contribution >= 0.6 is 0 Å². The molecule has 5 heavy (non-hydrogen) atoms. The van der Waals surface area contributed by atoms with Crippen molar-refractivity contribution < 1.29 is 10.3 Å². The van der Waals surface area contributed by atoms with Gasteiger partial charge >= 0.3 is 0 Å². The summed E-state index contributed by atoms with van der Waals surface area (Å²) in [7, 11) is 0. The minimum Gasteiger partial charge on any atom is -0.328 e. The predicted molar refractivity (Wildman–Crippen MR) is 14.5 cm³/mol. The van der Waals surface area contributed by atoms with Gasteiger partial charge in [-0.15, -0.1) is 10.1 Å². The summed E-state index contributed by atoms with van der Waals surface area (Å²) in [5, 5.41) is 13.6. The van der Waals surface area contributed by atoms with E-state index in [2.05, 4.69) is 0 Å². The number of hydrogen-bond donors (Lipinski definition) is 1. The molecule has 0 saturated heterocycles. The average molecular weight is 200 g/mol. The molecule has 0 unspecified atom stereocenters. The molecule has 0 heterocycles. The topological polar surface area (TPSA) is 63.4 Å². The number of nitrogens with zero attached hydrogens (tertiary/aromatic N) is 1. The molecular formula is HBaNO3. The minimum atomic E-state index is -1.50. The van der Waals surface area contributed by atoms with E-state index >= 15 is 0 Å². The Morgan fingerprint density at radius 3 is 1.80 bits per heavy atom. The zero-order valence-corrected chi connectivity index (χ0v) is 6.86. The van der Waals surface area contributed by atoms with Crippen molar-refractivity contribution >= 4 is 48.9 Å². The SMILES string of the molecule is O=[N+]([O-])O.[Ba]. The van der Waals surface area contributed by atoms with Crippen molar-refractivity contribution in [3.05, 3.63) is 10.1 Å². The summed E-state index contributed by atoms with van der Waals surface area (Å²) >= 11 is 0. The van der Waals surface area contributed by atoms with E-state index in [4.69, 9.17) is 15.3 Å². The summed E-state index contributed by atoms with van der Waals surface area (Å²) in [5.41, 5.74) is 0. The first-order chi connectivity index (χ1) is 1.73. The zero-order chi connectivity index (χ0) is 3.58. The molecule has 4 nitrogen and oxygen atoms in total. The van der Waals surface area contributed by atoms with Gasteiger partial charge in [0.25, 0.3) is 5.09 Å². The van der Waals surface area contributed by atoms with Crippen LogP contribution in [0.4, 0.5) is 0 Å². The second kappa shape index (κ2) is 4.77. The molecule has 1 N–H and O–H groups in total. The molecule has 0 fully saturated rings. The van der Waals surface area contributed by atoms with Gasteiger partial charge in [-0.2, -0.15) is 0 Å². The molecule has 0 aliphatic heterocycles. The largest absolute Gasteiger partial charge is 0.328 e. The van der Waals surface area contributed by atoms with E-state index in [-0.39, 0.29) is 48.9 Å². The summed E-state index contributed by atoms with van der Waals surface area (Å²) in [5.74, 6) is 0. The van der Waals surface area contributed by atoms with Gasteiger partial charge in [0.2, 0.25) is 0 Å². The molecule has 0 aromatic rings. The summed E-state index contributed by atoms with van der Waals surface area (Å²) in [6.07, 6.45) is 0. The molecule has 0 aromatic heterocycles. The first-order valence-electron chi connectivity index (χ1n) is 0.565. The summed E-state index contributed by atoms with van der Waals surface area (Å²) in [6, 6.07) is 0. The fourth-order valence-corrected chi connectivity index (χ4v) is 0. The van der Waals surface area contributed by atoms with E-state index in [0.29, 0.717) is 0 Å². The van der Waals surface area contributed by atoms with Crippen molar-refractivity contribution in [3.63, 3.8) is 0 Å². The third-order valence-electron chi connectivity index (χ3n) is 0. The van der Waals surface area contributed by atoms with Crippen LogP contribution < -0.4 is 0 Å². The normalized spacial score (nSPS) is 4.80. The molecule has 0 amide bonds. The molecule has 0 saturated carbocycles. The van der Waals surface area contributed by atoms with Crippen LogP contribution in [-0.4, -0.2) is 59.2 Å². The van der Waals surface area contributed by atoms with Gasteiger partial charge in [0, 0.05) is 48.9 Å². The van der Waals surface area contributed by atoms with Crippen LogP contribution in [-0.2, 0) is 0 Å². The Bertz CT molecular complexity index is 29.9. The molecule has 0 spiro atoms. The van der Waals surface area contributed by atoms with Crippen LogP contribution in [0, 0.1) is 10.1 Å². The molecule has 26 valence electrons. The van der Waals surface area contributed by atoms with E-state index in [9.17, 15) is 0 Å². The van der Waals surface area contributed by atoms with Gasteiger partial charge in [0.1, 0.15) is 0 Å². The molecule has 0 aliphatic carbocycles. The Labute approximate surface area is 68.4 Å². The smallest absolute Gasteiger partial charge is 0.291 e. The van der Waals surface area contributed by atoms with Crippen LogP contribution in [0.1, 0.15) is 0 Å². The Morgan fingerprint density at radius 1 is 1.80 bits per heavy atom. The van der Waals surface area contributed by atoms with Crippen molar-refractivity contribution in [1.82, 2.24) is 0 Å². The van der Waals surface area contributed by atoms with Gasteiger partial charge < -0.3 is 5.21 Å². The van der Waals surface area contributed by atoms with Gasteiger partial charge in [-0.1, -0.05) is 0 Å². The second-order valence-corrected chi connectivity index (χ2v) is 0.238. The summed E-state index contributed by atoms with van der Waals surface area (Å²) in [6.45, 7) is 0. The fourth-order valence-electron chi connectivity index (χ4n) is 0. The van der Waals surface area contributed by atoms with E-state index < -0.39 is 5.09 Å². The molecule has 5 heteroatoms. The standard InChI is InChI=1S/Ba.HNO3/c;2-1(3)4/h;(H,2,3,4). The van der Waals surface area contributed by atoms with Crippen LogP contribution in [0.25, 0.3) is 0 Å². The first kappa shape index (κ1) is 9.24. The van der Waals surface area contributed by atoms with Crippen LogP contribution in [0.3, 0.4) is 0 Å². The summed E-state index contributed by atoms with van der Waals surface area (Å²) in [4.78, 5) is 8.36.